The van der Waals surface area contributed by atoms with Crippen molar-refractivity contribution in [2.24, 2.45) is 16.8 Å². The highest BCUT2D eigenvalue weighted by Gasteiger charge is 2.25. The number of nitrogens with one attached hydrogen (secondary N) is 4. The van der Waals surface area contributed by atoms with Gasteiger partial charge >= 0.3 is 0 Å². The minimum absolute atomic E-state index is 0.242. The van der Waals surface area contributed by atoms with E-state index in [0.29, 0.717) is 37.4 Å². The largest absolute Gasteiger partial charge is 0.411 e. The molecular weight excluding hydrogens is 502 g/mol. The normalized spacial score (nSPS) is 14.0. The number of carbonyl (C=O) groups is 3. The zero-order valence-electron chi connectivity index (χ0n) is 24.9. The van der Waals surface area contributed by atoms with Crippen LogP contribution in [-0.2, 0) is 19.1 Å². The molecule has 12 nitrogen and oxygen atoms in total. The van der Waals surface area contributed by atoms with E-state index in [9.17, 15) is 14.4 Å². The molecule has 0 aliphatic carbocycles. The predicted molar refractivity (Wildman–Crippen MR) is 154 cm³/mol. The van der Waals surface area contributed by atoms with E-state index >= 15 is 0 Å². The Hall–Kier alpha value is -2.41. The van der Waals surface area contributed by atoms with Crippen LogP contribution in [0, 0.1) is 5.92 Å². The maximum absolute atomic E-state index is 12.2. The van der Waals surface area contributed by atoms with Crippen molar-refractivity contribution in [1.29, 1.82) is 0 Å². The molecule has 0 saturated carbocycles. The molecule has 0 aliphatic rings. The number of amides is 2. The van der Waals surface area contributed by atoms with E-state index in [1.165, 1.54) is 0 Å². The minimum Gasteiger partial charge on any atom is -0.411 e. The molecule has 2 amide bonds. The molecule has 0 radical (unpaired) electrons. The lowest BCUT2D eigenvalue weighted by Crippen LogP contribution is -2.57. The van der Waals surface area contributed by atoms with Gasteiger partial charge in [-0.3, -0.25) is 15.0 Å². The molecule has 0 spiro atoms. The molecule has 0 aromatic rings. The van der Waals surface area contributed by atoms with E-state index in [-0.39, 0.29) is 24.7 Å². The van der Waals surface area contributed by atoms with Crippen LogP contribution in [0.2, 0.25) is 0 Å². The fourth-order valence-corrected chi connectivity index (χ4v) is 3.64. The molecule has 0 bridgehead atoms. The topological polar surface area (TPSA) is 193 Å². The van der Waals surface area contributed by atoms with Gasteiger partial charge in [-0.2, -0.15) is 0 Å². The van der Waals surface area contributed by atoms with Crippen molar-refractivity contribution >= 4 is 29.5 Å². The average molecular weight is 557 g/mol. The minimum atomic E-state index is -0.579. The van der Waals surface area contributed by atoms with Crippen molar-refractivity contribution in [3.63, 3.8) is 0 Å². The van der Waals surface area contributed by atoms with E-state index in [2.05, 4.69) is 26.4 Å². The van der Waals surface area contributed by atoms with E-state index in [0.717, 1.165) is 50.9 Å². The number of nitrogens with zero attached hydrogens (tertiary/aromatic N) is 1. The summed E-state index contributed by atoms with van der Waals surface area (Å²) in [6.45, 7) is 13.6. The van der Waals surface area contributed by atoms with Gasteiger partial charge in [-0.15, -0.1) is 0 Å². The smallest absolute Gasteiger partial charge is 0.246 e. The summed E-state index contributed by atoms with van der Waals surface area (Å²) in [6.07, 6.45) is 5.26. The number of aldehydes is 1. The Morgan fingerprint density at radius 2 is 1.51 bits per heavy atom. The van der Waals surface area contributed by atoms with Crippen LogP contribution < -0.4 is 32.4 Å². The first-order chi connectivity index (χ1) is 18.3. The summed E-state index contributed by atoms with van der Waals surface area (Å²) in [5.41, 5.74) is 6.16. The predicted octanol–water partition coefficient (Wildman–Crippen LogP) is -0.475. The maximum atomic E-state index is 12.2. The molecule has 0 saturated heterocycles. The monoisotopic (exact) mass is 556 g/mol. The second-order valence-electron chi connectivity index (χ2n) is 11.1. The summed E-state index contributed by atoms with van der Waals surface area (Å²) in [5, 5.41) is 30.8. The Bertz CT molecular complexity index is 786. The van der Waals surface area contributed by atoms with Crippen LogP contribution in [0.1, 0.15) is 80.1 Å². The van der Waals surface area contributed by atoms with Gasteiger partial charge in [-0.1, -0.05) is 5.16 Å². The van der Waals surface area contributed by atoms with Crippen molar-refractivity contribution in [3.05, 3.63) is 0 Å². The van der Waals surface area contributed by atoms with Gasteiger partial charge in [0.05, 0.1) is 22.8 Å². The Labute approximate surface area is 234 Å². The average Bonchev–Trinajstić information content (AvgIpc) is 2.87. The highest BCUT2D eigenvalue weighted by atomic mass is 16.5. The zero-order valence-corrected chi connectivity index (χ0v) is 24.9. The SMILES string of the molecule is CC(=[NH2+])C(C)(C)NCCC(CCNC(=O)COCC(=O)N[C@H](C=O)CCCCN)CCNC(C)(C)/C(C)=N\O. The standard InChI is InChI=1S/C27H53N7O5/c1-20(29)26(3,4)31-15-11-22(12-16-32-27(5,6)21(2)34-38)10-14-30-24(36)18-39-19-25(37)33-23(17-35)9-7-8-13-28/h17,22-23,29,31-32,38H,7-16,18-19,28H2,1-6H3,(H,30,36)(H,33,37)/p+1/b29-20?,34-21-/t22?,23-/m0/s1. The number of ether oxygens (including phenoxy) is 1. The van der Waals surface area contributed by atoms with Crippen molar-refractivity contribution < 1.29 is 29.7 Å². The number of unbranched alkanes of at least 4 members (excludes halogenated alkanes) is 1. The molecule has 39 heavy (non-hydrogen) atoms. The Kier molecular flexibility index (Phi) is 18.4. The van der Waals surface area contributed by atoms with Crippen LogP contribution in [0.25, 0.3) is 0 Å². The van der Waals surface area contributed by atoms with Gasteiger partial charge in [0.25, 0.3) is 0 Å². The van der Waals surface area contributed by atoms with Gasteiger partial charge in [0, 0.05) is 13.5 Å². The first-order valence-corrected chi connectivity index (χ1v) is 13.9. The van der Waals surface area contributed by atoms with E-state index in [1.54, 1.807) is 6.92 Å². The van der Waals surface area contributed by atoms with Gasteiger partial charge in [0.15, 0.2) is 5.71 Å². The molecule has 0 aromatic carbocycles. The molecule has 226 valence electrons. The third kappa shape index (κ3) is 17.0. The van der Waals surface area contributed by atoms with E-state index in [1.807, 2.05) is 34.6 Å². The molecular formula is C27H54N7O5+. The summed E-state index contributed by atoms with van der Waals surface area (Å²) in [5.74, 6) is -0.435. The van der Waals surface area contributed by atoms with Gasteiger partial charge in [0.2, 0.25) is 11.8 Å². The summed E-state index contributed by atoms with van der Waals surface area (Å²) in [7, 11) is 0. The lowest BCUT2D eigenvalue weighted by molar-refractivity contribution is -0.132. The van der Waals surface area contributed by atoms with Crippen LogP contribution in [0.3, 0.4) is 0 Å². The van der Waals surface area contributed by atoms with Crippen molar-refractivity contribution in [2.45, 2.75) is 97.2 Å². The third-order valence-corrected chi connectivity index (χ3v) is 7.10. The fourth-order valence-electron chi connectivity index (χ4n) is 3.64. The van der Waals surface area contributed by atoms with Crippen molar-refractivity contribution in [1.82, 2.24) is 21.3 Å². The summed E-state index contributed by atoms with van der Waals surface area (Å²) < 4.78 is 5.22. The lowest BCUT2D eigenvalue weighted by atomic mass is 9.94. The van der Waals surface area contributed by atoms with Crippen molar-refractivity contribution in [3.8, 4) is 0 Å². The summed E-state index contributed by atoms with van der Waals surface area (Å²) >= 11 is 0. The zero-order chi connectivity index (χ0) is 29.9. The number of carbonyl (C=O) groups excluding carboxylic acids is 3. The number of oxime groups is 1. The van der Waals surface area contributed by atoms with Crippen LogP contribution in [0.15, 0.2) is 5.16 Å². The number of hydrogen-bond acceptors (Lipinski definition) is 9. The van der Waals surface area contributed by atoms with E-state index in [4.69, 9.17) is 21.1 Å². The Balaban J connectivity index is 4.60. The van der Waals surface area contributed by atoms with Crippen LogP contribution in [0.4, 0.5) is 0 Å². The molecule has 0 heterocycles. The van der Waals surface area contributed by atoms with Gasteiger partial charge in [-0.05, 0) is 98.7 Å². The van der Waals surface area contributed by atoms with E-state index < -0.39 is 17.5 Å². The molecule has 0 aromatic heterocycles. The quantitative estimate of drug-likeness (QED) is 0.0288. The van der Waals surface area contributed by atoms with Crippen LogP contribution in [-0.4, -0.2) is 91.2 Å². The van der Waals surface area contributed by atoms with Gasteiger partial charge < -0.3 is 41.7 Å². The van der Waals surface area contributed by atoms with Crippen LogP contribution >= 0.6 is 0 Å². The number of rotatable bonds is 23. The Morgan fingerprint density at radius 1 is 0.949 bits per heavy atom. The van der Waals surface area contributed by atoms with Crippen molar-refractivity contribution in [2.75, 3.05) is 39.4 Å². The van der Waals surface area contributed by atoms with Gasteiger partial charge in [-0.25, -0.2) is 0 Å². The number of hydrogen-bond donors (Lipinski definition) is 7. The first kappa shape index (κ1) is 36.6. The molecule has 2 atom stereocenters. The third-order valence-electron chi connectivity index (χ3n) is 7.10. The molecule has 12 heteroatoms. The molecule has 9 N–H and O–H groups in total. The second-order valence-corrected chi connectivity index (χ2v) is 11.1. The first-order valence-electron chi connectivity index (χ1n) is 13.9. The highest BCUT2D eigenvalue weighted by molar-refractivity contribution is 5.90. The van der Waals surface area contributed by atoms with Crippen LogP contribution in [0.5, 0.6) is 0 Å². The Morgan fingerprint density at radius 3 is 2.05 bits per heavy atom. The summed E-state index contributed by atoms with van der Waals surface area (Å²) in [4.78, 5) is 35.3. The second kappa shape index (κ2) is 19.6. The maximum Gasteiger partial charge on any atom is 0.246 e. The number of nitrogens with two attached hydrogens (primary N) is 2. The molecule has 0 aliphatic heterocycles. The molecule has 0 fully saturated rings. The summed E-state index contributed by atoms with van der Waals surface area (Å²) in [6, 6.07) is -0.579. The van der Waals surface area contributed by atoms with Gasteiger partial charge in [0.1, 0.15) is 19.5 Å². The molecule has 1 unspecified atom stereocenters. The molecule has 0 rings (SSSR count). The highest BCUT2D eigenvalue weighted by Crippen LogP contribution is 2.15. The lowest BCUT2D eigenvalue weighted by Gasteiger charge is -2.27. The fraction of sp³-hybridized carbons (Fsp3) is 0.815.